The molecule has 2 aliphatic rings. The second kappa shape index (κ2) is 8.87. The molecule has 1 saturated carbocycles. The lowest BCUT2D eigenvalue weighted by Gasteiger charge is -2.21. The maximum Gasteiger partial charge on any atom is 0.264 e. The van der Waals surface area contributed by atoms with Crippen molar-refractivity contribution in [2.45, 2.75) is 48.8 Å². The molecule has 4 rings (SSSR count). The summed E-state index contributed by atoms with van der Waals surface area (Å²) in [6.45, 7) is 0.273. The lowest BCUT2D eigenvalue weighted by molar-refractivity contribution is 0.241. The van der Waals surface area contributed by atoms with Crippen molar-refractivity contribution in [3.05, 3.63) is 41.5 Å². The predicted molar refractivity (Wildman–Crippen MR) is 109 cm³/mol. The van der Waals surface area contributed by atoms with Crippen molar-refractivity contribution in [1.82, 2.24) is 10.1 Å². The summed E-state index contributed by atoms with van der Waals surface area (Å²) in [5.41, 5.74) is 7.30. The summed E-state index contributed by atoms with van der Waals surface area (Å²) in [6.07, 6.45) is 5.40. The van der Waals surface area contributed by atoms with Crippen LogP contribution in [0.4, 0.5) is 0 Å². The molecule has 0 radical (unpaired) electrons. The van der Waals surface area contributed by atoms with Gasteiger partial charge in [0.15, 0.2) is 12.4 Å². The van der Waals surface area contributed by atoms with Gasteiger partial charge in [-0.15, -0.1) is 35.9 Å². The van der Waals surface area contributed by atoms with E-state index in [9.17, 15) is 0 Å². The Hall–Kier alpha value is -0.890. The topological polar surface area (TPSA) is 74.2 Å². The first-order chi connectivity index (χ1) is 12.2. The maximum absolute atomic E-state index is 6.36. The van der Waals surface area contributed by atoms with Gasteiger partial charge in [0.1, 0.15) is 5.75 Å². The van der Waals surface area contributed by atoms with Gasteiger partial charge in [0, 0.05) is 0 Å². The molecule has 2 heterocycles. The second-order valence-electron chi connectivity index (χ2n) is 6.66. The number of halogens is 1. The van der Waals surface area contributed by atoms with Crippen LogP contribution in [0.1, 0.15) is 54.0 Å². The number of nitrogens with zero attached hydrogens (tertiary/aromatic N) is 2. The maximum atomic E-state index is 6.36. The summed E-state index contributed by atoms with van der Waals surface area (Å²) >= 11 is 4.05. The van der Waals surface area contributed by atoms with Crippen LogP contribution in [0.25, 0.3) is 0 Å². The van der Waals surface area contributed by atoms with Gasteiger partial charge in [0.25, 0.3) is 5.89 Å². The van der Waals surface area contributed by atoms with Gasteiger partial charge in [-0.3, -0.25) is 0 Å². The van der Waals surface area contributed by atoms with E-state index < -0.39 is 5.54 Å². The van der Waals surface area contributed by atoms with E-state index in [-0.39, 0.29) is 19.0 Å². The standard InChI is InChI=1S/C18H23N3O2S2.ClH/c19-18(8-1-2-9-18)17-20-15(23-21-17)12-22-14-6-4-13(5-7-14)16-24-10-3-11-25-16;/h4-7,16H,1-3,8-12,19H2;1H. The molecule has 1 aromatic heterocycles. The highest BCUT2D eigenvalue weighted by Gasteiger charge is 2.35. The number of hydrogen-bond acceptors (Lipinski definition) is 7. The molecule has 2 aromatic rings. The van der Waals surface area contributed by atoms with E-state index >= 15 is 0 Å². The molecule has 8 heteroatoms. The zero-order chi connectivity index (χ0) is 17.1. The van der Waals surface area contributed by atoms with Gasteiger partial charge in [-0.1, -0.05) is 30.1 Å². The van der Waals surface area contributed by atoms with Crippen LogP contribution in [-0.4, -0.2) is 21.6 Å². The Kier molecular flexibility index (Phi) is 6.77. The Balaban J connectivity index is 0.00000196. The van der Waals surface area contributed by atoms with Crippen molar-refractivity contribution < 1.29 is 9.26 Å². The highest BCUT2D eigenvalue weighted by atomic mass is 35.5. The van der Waals surface area contributed by atoms with E-state index in [1.807, 2.05) is 35.7 Å². The molecule has 1 aliphatic carbocycles. The van der Waals surface area contributed by atoms with Gasteiger partial charge in [-0.2, -0.15) is 4.98 Å². The van der Waals surface area contributed by atoms with Crippen LogP contribution in [0.2, 0.25) is 0 Å². The Labute approximate surface area is 168 Å². The fraction of sp³-hybridized carbons (Fsp3) is 0.556. The van der Waals surface area contributed by atoms with Crippen molar-refractivity contribution in [3.8, 4) is 5.75 Å². The van der Waals surface area contributed by atoms with Crippen LogP contribution in [0.5, 0.6) is 5.75 Å². The lowest BCUT2D eigenvalue weighted by Crippen LogP contribution is -2.34. The van der Waals surface area contributed by atoms with Crippen molar-refractivity contribution >= 4 is 35.9 Å². The van der Waals surface area contributed by atoms with Crippen molar-refractivity contribution in [2.75, 3.05) is 11.5 Å². The largest absolute Gasteiger partial charge is 0.484 e. The van der Waals surface area contributed by atoms with Crippen LogP contribution < -0.4 is 10.5 Å². The molecule has 0 unspecified atom stereocenters. The van der Waals surface area contributed by atoms with Crippen LogP contribution in [0, 0.1) is 0 Å². The quantitative estimate of drug-likeness (QED) is 0.763. The highest BCUT2D eigenvalue weighted by molar-refractivity contribution is 8.16. The predicted octanol–water partition coefficient (Wildman–Crippen LogP) is 4.67. The summed E-state index contributed by atoms with van der Waals surface area (Å²) in [5, 5.41) is 4.06. The van der Waals surface area contributed by atoms with E-state index in [1.165, 1.54) is 23.5 Å². The molecule has 1 aromatic carbocycles. The van der Waals surface area contributed by atoms with E-state index in [2.05, 4.69) is 22.3 Å². The molecule has 2 fully saturated rings. The Morgan fingerprint density at radius 3 is 2.50 bits per heavy atom. The number of benzene rings is 1. The van der Waals surface area contributed by atoms with Crippen LogP contribution in [-0.2, 0) is 12.1 Å². The second-order valence-corrected chi connectivity index (χ2v) is 9.38. The van der Waals surface area contributed by atoms with Crippen molar-refractivity contribution in [2.24, 2.45) is 5.73 Å². The van der Waals surface area contributed by atoms with Gasteiger partial charge >= 0.3 is 0 Å². The number of ether oxygens (including phenoxy) is 1. The first-order valence-corrected chi connectivity index (χ1v) is 10.9. The van der Waals surface area contributed by atoms with Gasteiger partial charge in [-0.05, 0) is 48.5 Å². The number of hydrogen-bond donors (Lipinski definition) is 1. The Morgan fingerprint density at radius 2 is 1.81 bits per heavy atom. The number of thioether (sulfide) groups is 2. The van der Waals surface area contributed by atoms with Crippen molar-refractivity contribution in [3.63, 3.8) is 0 Å². The molecule has 1 aliphatic heterocycles. The molecule has 5 nitrogen and oxygen atoms in total. The Morgan fingerprint density at radius 1 is 1.12 bits per heavy atom. The Bertz CT molecular complexity index is 699. The third kappa shape index (κ3) is 4.50. The van der Waals surface area contributed by atoms with E-state index in [0.29, 0.717) is 16.3 Å². The first-order valence-electron chi connectivity index (χ1n) is 8.81. The van der Waals surface area contributed by atoms with Crippen LogP contribution in [0.3, 0.4) is 0 Å². The molecule has 0 bridgehead atoms. The minimum atomic E-state index is -0.418. The molecule has 142 valence electrons. The minimum absolute atomic E-state index is 0. The molecule has 0 amide bonds. The average molecular weight is 414 g/mol. The van der Waals surface area contributed by atoms with E-state index in [0.717, 1.165) is 31.4 Å². The van der Waals surface area contributed by atoms with Gasteiger partial charge in [0.05, 0.1) is 10.1 Å². The normalized spacial score (nSPS) is 19.9. The number of rotatable bonds is 5. The molecular weight excluding hydrogens is 390 g/mol. The molecule has 0 spiro atoms. The van der Waals surface area contributed by atoms with Crippen LogP contribution >= 0.6 is 35.9 Å². The zero-order valence-electron chi connectivity index (χ0n) is 14.6. The van der Waals surface area contributed by atoms with Gasteiger partial charge in [-0.25, -0.2) is 0 Å². The third-order valence-corrected chi connectivity index (χ3v) is 7.77. The van der Waals surface area contributed by atoms with Crippen LogP contribution in [0.15, 0.2) is 28.8 Å². The summed E-state index contributed by atoms with van der Waals surface area (Å²) in [6, 6.07) is 8.34. The third-order valence-electron chi connectivity index (χ3n) is 4.75. The molecule has 2 N–H and O–H groups in total. The fourth-order valence-corrected chi connectivity index (χ4v) is 6.19. The smallest absolute Gasteiger partial charge is 0.264 e. The number of nitrogens with two attached hydrogens (primary N) is 1. The highest BCUT2D eigenvalue weighted by Crippen LogP contribution is 2.43. The summed E-state index contributed by atoms with van der Waals surface area (Å²) in [5.74, 6) is 4.41. The average Bonchev–Trinajstić information content (AvgIpc) is 3.31. The molecular formula is C18H24ClN3O2S2. The fourth-order valence-electron chi connectivity index (χ4n) is 3.29. The van der Waals surface area contributed by atoms with Gasteiger partial charge < -0.3 is 15.0 Å². The van der Waals surface area contributed by atoms with Gasteiger partial charge in [0.2, 0.25) is 0 Å². The summed E-state index contributed by atoms with van der Waals surface area (Å²) in [7, 11) is 0. The lowest BCUT2D eigenvalue weighted by atomic mass is 9.99. The summed E-state index contributed by atoms with van der Waals surface area (Å²) in [4.78, 5) is 4.44. The number of aromatic nitrogens is 2. The monoisotopic (exact) mass is 413 g/mol. The first kappa shape index (κ1) is 19.9. The minimum Gasteiger partial charge on any atom is -0.484 e. The van der Waals surface area contributed by atoms with E-state index in [1.54, 1.807) is 0 Å². The molecule has 0 atom stereocenters. The van der Waals surface area contributed by atoms with Crippen molar-refractivity contribution in [1.29, 1.82) is 0 Å². The molecule has 26 heavy (non-hydrogen) atoms. The summed E-state index contributed by atoms with van der Waals surface area (Å²) < 4.78 is 11.7. The van der Waals surface area contributed by atoms with E-state index in [4.69, 9.17) is 15.0 Å². The molecule has 1 saturated heterocycles. The zero-order valence-corrected chi connectivity index (χ0v) is 17.0. The SMILES string of the molecule is Cl.NC1(c2noc(COc3ccc(C4SCCCS4)cc3)n2)CCCC1.